The first-order chi connectivity index (χ1) is 16.0. The highest BCUT2D eigenvalue weighted by Gasteiger charge is 2.43. The molecule has 1 aromatic carbocycles. The molecular weight excluding hydrogens is 470 g/mol. The number of alkyl halides is 2. The fraction of sp³-hybridized carbons (Fsp3) is 0.333. The number of hydrogen-bond acceptors (Lipinski definition) is 8. The molecule has 1 atom stereocenters. The summed E-state index contributed by atoms with van der Waals surface area (Å²) in [5, 5.41) is 4.22. The van der Waals surface area contributed by atoms with Crippen molar-refractivity contribution in [2.75, 3.05) is 19.1 Å². The topological polar surface area (TPSA) is 112 Å². The number of carbonyl (C=O) groups excluding carboxylic acids is 1. The zero-order valence-corrected chi connectivity index (χ0v) is 19.6. The van der Waals surface area contributed by atoms with E-state index in [-0.39, 0.29) is 17.1 Å². The summed E-state index contributed by atoms with van der Waals surface area (Å²) in [5.41, 5.74) is 0.624. The highest BCUT2D eigenvalue weighted by atomic mass is 32.2. The number of pyridine rings is 1. The highest BCUT2D eigenvalue weighted by Crippen LogP contribution is 2.41. The average Bonchev–Trinajstić information content (AvgIpc) is 3.35. The summed E-state index contributed by atoms with van der Waals surface area (Å²) < 4.78 is 53.0. The summed E-state index contributed by atoms with van der Waals surface area (Å²) in [6, 6.07) is 6.67. The summed E-state index contributed by atoms with van der Waals surface area (Å²) in [6.07, 6.45) is 2.11. The Morgan fingerprint density at radius 1 is 1.21 bits per heavy atom. The fourth-order valence-corrected chi connectivity index (χ4v) is 4.12. The van der Waals surface area contributed by atoms with Crippen LogP contribution in [0.3, 0.4) is 0 Å². The van der Waals surface area contributed by atoms with Crippen molar-refractivity contribution in [2.24, 2.45) is 4.36 Å². The second kappa shape index (κ2) is 8.63. The molecular formula is C21H22F2N6O4S. The number of nitrogens with zero attached hydrogens (tertiary/aromatic N) is 6. The number of hydrogen-bond donors (Lipinski definition) is 0. The van der Waals surface area contributed by atoms with Crippen LogP contribution in [0.5, 0.6) is 11.5 Å². The smallest absolute Gasteiger partial charge is 0.395 e. The zero-order chi connectivity index (χ0) is 24.7. The van der Waals surface area contributed by atoms with Crippen LogP contribution in [-0.4, -0.2) is 60.1 Å². The Hall–Kier alpha value is -3.61. The van der Waals surface area contributed by atoms with Crippen LogP contribution in [0.1, 0.15) is 36.1 Å². The van der Waals surface area contributed by atoms with Crippen molar-refractivity contribution in [1.82, 2.24) is 24.6 Å². The Morgan fingerprint density at radius 3 is 2.59 bits per heavy atom. The first kappa shape index (κ1) is 23.5. The van der Waals surface area contributed by atoms with Crippen molar-refractivity contribution in [3.8, 4) is 17.3 Å². The summed E-state index contributed by atoms with van der Waals surface area (Å²) in [6.45, 7) is 3.87. The van der Waals surface area contributed by atoms with Crippen molar-refractivity contribution in [3.05, 3.63) is 54.2 Å². The van der Waals surface area contributed by atoms with Crippen molar-refractivity contribution < 1.29 is 27.3 Å². The molecule has 1 aliphatic rings. The molecule has 0 spiro atoms. The average molecular weight is 493 g/mol. The van der Waals surface area contributed by atoms with Gasteiger partial charge in [-0.25, -0.2) is 14.2 Å². The number of carbonyl (C=O) groups is 1. The second-order valence-corrected chi connectivity index (χ2v) is 10.3. The van der Waals surface area contributed by atoms with Crippen LogP contribution >= 0.6 is 0 Å². The summed E-state index contributed by atoms with van der Waals surface area (Å²) in [5.74, 6) is 0.121. The van der Waals surface area contributed by atoms with Crippen LogP contribution < -0.4 is 9.47 Å². The predicted molar refractivity (Wildman–Crippen MR) is 119 cm³/mol. The molecule has 10 nitrogen and oxygen atoms in total. The number of halogens is 2. The summed E-state index contributed by atoms with van der Waals surface area (Å²) in [4.78, 5) is 23.4. The third-order valence-electron chi connectivity index (χ3n) is 4.94. The normalized spacial score (nSPS) is 15.1. The summed E-state index contributed by atoms with van der Waals surface area (Å²) in [7, 11) is -2.33. The van der Waals surface area contributed by atoms with Gasteiger partial charge in [0.15, 0.2) is 23.1 Å². The van der Waals surface area contributed by atoms with E-state index in [2.05, 4.69) is 28.9 Å². The number of aromatic nitrogens is 4. The molecule has 4 rings (SSSR count). The van der Waals surface area contributed by atoms with E-state index in [4.69, 9.17) is 0 Å². The van der Waals surface area contributed by atoms with Gasteiger partial charge in [-0.05, 0) is 44.2 Å². The molecule has 13 heteroatoms. The van der Waals surface area contributed by atoms with Crippen LogP contribution in [0.15, 0.2) is 47.2 Å². The zero-order valence-electron chi connectivity index (χ0n) is 18.8. The van der Waals surface area contributed by atoms with E-state index in [9.17, 15) is 17.8 Å². The molecule has 0 saturated carbocycles. The van der Waals surface area contributed by atoms with E-state index in [0.29, 0.717) is 23.9 Å². The van der Waals surface area contributed by atoms with Crippen LogP contribution in [-0.2, 0) is 9.73 Å². The lowest BCUT2D eigenvalue weighted by molar-refractivity contribution is -0.286. The molecule has 1 amide bonds. The van der Waals surface area contributed by atoms with Gasteiger partial charge in [0.05, 0.1) is 17.9 Å². The number of benzene rings is 1. The SMILES string of the molecule is CCN(C(=O)c1ccc2c(c1)OC(F)(F)O2)[C@@H](C)c1ncnn1-c1ccc(N=S(C)(C)=O)cn1. The maximum absolute atomic E-state index is 13.3. The molecule has 0 radical (unpaired) electrons. The Balaban J connectivity index is 1.60. The Morgan fingerprint density at radius 2 is 1.94 bits per heavy atom. The van der Waals surface area contributed by atoms with Gasteiger partial charge in [0.25, 0.3) is 5.91 Å². The van der Waals surface area contributed by atoms with Crippen molar-refractivity contribution in [1.29, 1.82) is 0 Å². The first-order valence-corrected chi connectivity index (χ1v) is 12.5. The molecule has 1 aliphatic heterocycles. The van der Waals surface area contributed by atoms with Crippen molar-refractivity contribution >= 4 is 21.3 Å². The van der Waals surface area contributed by atoms with E-state index in [1.165, 1.54) is 52.8 Å². The Bertz CT molecular complexity index is 1340. The van der Waals surface area contributed by atoms with Gasteiger partial charge < -0.3 is 14.4 Å². The molecule has 0 N–H and O–H groups in total. The monoisotopic (exact) mass is 492 g/mol. The van der Waals surface area contributed by atoms with E-state index in [1.54, 1.807) is 26.0 Å². The van der Waals surface area contributed by atoms with E-state index >= 15 is 0 Å². The third kappa shape index (κ3) is 4.83. The lowest BCUT2D eigenvalue weighted by atomic mass is 10.1. The predicted octanol–water partition coefficient (Wildman–Crippen LogP) is 3.57. The molecule has 180 valence electrons. The fourth-order valence-electron chi connectivity index (χ4n) is 3.50. The minimum Gasteiger partial charge on any atom is -0.395 e. The third-order valence-corrected chi connectivity index (χ3v) is 5.59. The maximum Gasteiger partial charge on any atom is 0.586 e. The lowest BCUT2D eigenvalue weighted by Crippen LogP contribution is -2.35. The van der Waals surface area contributed by atoms with Gasteiger partial charge in [0.1, 0.15) is 6.33 Å². The van der Waals surface area contributed by atoms with Gasteiger partial charge in [0.2, 0.25) is 0 Å². The van der Waals surface area contributed by atoms with Gasteiger partial charge in [-0.3, -0.25) is 4.79 Å². The highest BCUT2D eigenvalue weighted by molar-refractivity contribution is 7.92. The molecule has 2 aromatic heterocycles. The number of amides is 1. The van der Waals surface area contributed by atoms with E-state index < -0.39 is 28.0 Å². The molecule has 0 aliphatic carbocycles. The minimum atomic E-state index is -3.77. The van der Waals surface area contributed by atoms with Crippen LogP contribution in [0.4, 0.5) is 14.5 Å². The molecule has 0 unspecified atom stereocenters. The van der Waals surface area contributed by atoms with E-state index in [1.807, 2.05) is 0 Å². The van der Waals surface area contributed by atoms with Gasteiger partial charge in [-0.15, -0.1) is 8.78 Å². The maximum atomic E-state index is 13.3. The molecule has 34 heavy (non-hydrogen) atoms. The van der Waals surface area contributed by atoms with Gasteiger partial charge in [0, 0.05) is 34.3 Å². The van der Waals surface area contributed by atoms with Crippen LogP contribution in [0.25, 0.3) is 5.82 Å². The number of fused-ring (bicyclic) bond motifs is 1. The number of rotatable bonds is 6. The summed E-state index contributed by atoms with van der Waals surface area (Å²) >= 11 is 0. The standard InChI is InChI=1S/C21H22F2N6O4S/c1-5-28(20(30)14-6-8-16-17(10-14)33-21(22,23)32-16)13(2)19-25-12-26-29(19)18-9-7-15(11-24-18)27-34(3,4)31/h6-13H,5H2,1-4H3/t13-/m0/s1. The van der Waals surface area contributed by atoms with E-state index in [0.717, 1.165) is 0 Å². The van der Waals surface area contributed by atoms with Gasteiger partial charge >= 0.3 is 6.29 Å². The number of ether oxygens (including phenoxy) is 2. The quantitative estimate of drug-likeness (QED) is 0.517. The molecule has 0 bridgehead atoms. The molecule has 3 aromatic rings. The van der Waals surface area contributed by atoms with Gasteiger partial charge in [-0.1, -0.05) is 0 Å². The minimum absolute atomic E-state index is 0.138. The van der Waals surface area contributed by atoms with Crippen molar-refractivity contribution in [2.45, 2.75) is 26.2 Å². The Kier molecular flexibility index (Phi) is 5.98. The van der Waals surface area contributed by atoms with Crippen LogP contribution in [0, 0.1) is 0 Å². The first-order valence-electron chi connectivity index (χ1n) is 10.2. The largest absolute Gasteiger partial charge is 0.586 e. The molecule has 0 saturated heterocycles. The van der Waals surface area contributed by atoms with Crippen LogP contribution in [0.2, 0.25) is 0 Å². The molecule has 3 heterocycles. The Labute approximate surface area is 194 Å². The molecule has 0 fully saturated rings. The van der Waals surface area contributed by atoms with Crippen molar-refractivity contribution in [3.63, 3.8) is 0 Å². The van der Waals surface area contributed by atoms with Gasteiger partial charge in [-0.2, -0.15) is 14.1 Å². The lowest BCUT2D eigenvalue weighted by Gasteiger charge is -2.27. The second-order valence-electron chi connectivity index (χ2n) is 7.77.